The van der Waals surface area contributed by atoms with Gasteiger partial charge in [-0.2, -0.15) is 0 Å². The number of oxazole rings is 1. The summed E-state index contributed by atoms with van der Waals surface area (Å²) in [6.07, 6.45) is 5.86. The Labute approximate surface area is 198 Å². The molecule has 3 rings (SSSR count). The van der Waals surface area contributed by atoms with Crippen LogP contribution in [0.1, 0.15) is 78.9 Å². The topological polar surface area (TPSA) is 124 Å². The lowest BCUT2D eigenvalue weighted by molar-refractivity contribution is -0.122. The fourth-order valence-corrected chi connectivity index (χ4v) is 4.11. The van der Waals surface area contributed by atoms with Gasteiger partial charge in [-0.05, 0) is 40.0 Å². The average molecular weight is 479 g/mol. The van der Waals surface area contributed by atoms with Gasteiger partial charge in [-0.15, -0.1) is 10.2 Å². The highest BCUT2D eigenvalue weighted by molar-refractivity contribution is 7.98. The van der Waals surface area contributed by atoms with E-state index in [9.17, 15) is 9.59 Å². The lowest BCUT2D eigenvalue weighted by Crippen LogP contribution is -2.44. The monoisotopic (exact) mass is 478 g/mol. The number of aromatic nitrogens is 4. The van der Waals surface area contributed by atoms with E-state index in [0.29, 0.717) is 23.1 Å². The summed E-state index contributed by atoms with van der Waals surface area (Å²) in [6, 6.07) is -0.0974. The minimum Gasteiger partial charge on any atom is -0.444 e. The smallest absolute Gasteiger partial charge is 0.407 e. The molecule has 2 heterocycles. The molecule has 1 aliphatic rings. The van der Waals surface area contributed by atoms with Crippen LogP contribution in [0.2, 0.25) is 0 Å². The molecule has 1 saturated carbocycles. The first-order chi connectivity index (χ1) is 15.4. The van der Waals surface area contributed by atoms with Gasteiger partial charge in [-0.1, -0.05) is 43.9 Å². The number of alkyl carbamates (subject to hydrolysis) is 1. The molecule has 2 aromatic heterocycles. The van der Waals surface area contributed by atoms with Crippen LogP contribution in [0.3, 0.4) is 0 Å². The number of thioether (sulfide) groups is 1. The summed E-state index contributed by atoms with van der Waals surface area (Å²) in [4.78, 5) is 30.3. The lowest BCUT2D eigenvalue weighted by atomic mass is 9.85. The maximum atomic E-state index is 12.7. The van der Waals surface area contributed by atoms with Gasteiger partial charge in [0.2, 0.25) is 11.8 Å². The van der Waals surface area contributed by atoms with E-state index in [-0.39, 0.29) is 23.3 Å². The summed E-state index contributed by atoms with van der Waals surface area (Å²) in [7, 11) is 0. The summed E-state index contributed by atoms with van der Waals surface area (Å²) in [5.41, 5.74) is 2.08. The third kappa shape index (κ3) is 7.76. The Morgan fingerprint density at radius 1 is 1.21 bits per heavy atom. The first-order valence-electron chi connectivity index (χ1n) is 11.2. The Morgan fingerprint density at radius 2 is 1.97 bits per heavy atom. The Kier molecular flexibility index (Phi) is 7.71. The van der Waals surface area contributed by atoms with Crippen LogP contribution in [0.15, 0.2) is 21.8 Å². The molecule has 0 spiro atoms. The minimum absolute atomic E-state index is 0.0934. The number of nitrogens with zero attached hydrogens (tertiary/aromatic N) is 4. The fourth-order valence-electron chi connectivity index (χ4n) is 3.45. The summed E-state index contributed by atoms with van der Waals surface area (Å²) >= 11 is 1.43. The van der Waals surface area contributed by atoms with Crippen molar-refractivity contribution in [2.24, 2.45) is 5.92 Å². The molecule has 1 aliphatic carbocycles. The second-order valence-electron chi connectivity index (χ2n) is 10.3. The molecular weight excluding hydrogens is 444 g/mol. The highest BCUT2D eigenvalue weighted by Gasteiger charge is 2.30. The number of rotatable bonds is 6. The number of carbonyl (C=O) groups is 2. The van der Waals surface area contributed by atoms with Crippen molar-refractivity contribution < 1.29 is 18.7 Å². The maximum Gasteiger partial charge on any atom is 0.407 e. The summed E-state index contributed by atoms with van der Waals surface area (Å²) in [5.74, 6) is 1.57. The third-order valence-electron chi connectivity index (χ3n) is 5.08. The number of amides is 2. The van der Waals surface area contributed by atoms with Crippen molar-refractivity contribution in [3.05, 3.63) is 24.0 Å². The highest BCUT2D eigenvalue weighted by Crippen LogP contribution is 2.27. The molecule has 1 fully saturated rings. The van der Waals surface area contributed by atoms with E-state index in [1.54, 1.807) is 12.4 Å². The number of nitrogens with one attached hydrogen (secondary N) is 2. The van der Waals surface area contributed by atoms with Crippen LogP contribution in [-0.4, -0.2) is 43.7 Å². The van der Waals surface area contributed by atoms with Crippen molar-refractivity contribution in [3.63, 3.8) is 0 Å². The quantitative estimate of drug-likeness (QED) is 0.597. The van der Waals surface area contributed by atoms with Gasteiger partial charge in [0.15, 0.2) is 0 Å². The van der Waals surface area contributed by atoms with Gasteiger partial charge in [-0.25, -0.2) is 15.2 Å². The van der Waals surface area contributed by atoms with Crippen LogP contribution in [0.25, 0.3) is 0 Å². The zero-order valence-corrected chi connectivity index (χ0v) is 21.0. The van der Waals surface area contributed by atoms with E-state index in [1.165, 1.54) is 16.7 Å². The van der Waals surface area contributed by atoms with Gasteiger partial charge in [0.25, 0.3) is 0 Å². The first kappa shape index (κ1) is 25.1. The van der Waals surface area contributed by atoms with Gasteiger partial charge in [0.1, 0.15) is 16.4 Å². The molecule has 2 amide bonds. The predicted octanol–water partition coefficient (Wildman–Crippen LogP) is 4.01. The van der Waals surface area contributed by atoms with E-state index >= 15 is 0 Å². The first-order valence-corrected chi connectivity index (χ1v) is 12.2. The van der Waals surface area contributed by atoms with Crippen LogP contribution in [0.5, 0.6) is 0 Å². The number of ether oxygens (including phenoxy) is 1. The lowest BCUT2D eigenvalue weighted by Gasteiger charge is -2.29. The van der Waals surface area contributed by atoms with Crippen molar-refractivity contribution in [2.75, 3.05) is 5.43 Å². The SMILES string of the molecule is CC(C)(C)OC(=O)NC1CCCC(C(=O)Nn2ncc(SCc3ncc(C(C)(C)C)o3)n2)C1. The second-order valence-corrected chi connectivity index (χ2v) is 11.3. The summed E-state index contributed by atoms with van der Waals surface area (Å²) in [5, 5.41) is 12.0. The van der Waals surface area contributed by atoms with Gasteiger partial charge in [-0.3, -0.25) is 4.79 Å². The number of hydrogen-bond donors (Lipinski definition) is 2. The second kappa shape index (κ2) is 10.1. The maximum absolute atomic E-state index is 12.7. The van der Waals surface area contributed by atoms with Crippen LogP contribution in [0.4, 0.5) is 4.79 Å². The minimum atomic E-state index is -0.557. The normalized spacial score (nSPS) is 19.2. The van der Waals surface area contributed by atoms with Crippen molar-refractivity contribution in [1.82, 2.24) is 25.4 Å². The molecule has 0 saturated heterocycles. The molecule has 2 aromatic rings. The van der Waals surface area contributed by atoms with Crippen molar-refractivity contribution >= 4 is 23.8 Å². The average Bonchev–Trinajstić information content (AvgIpc) is 3.34. The standard InChI is InChI=1S/C22H34N6O4S/c1-21(2,3)16-11-23-17(31-16)13-33-18-12-24-28(26-18)27-19(29)14-8-7-9-15(10-14)25-20(30)32-22(4,5)6/h11-12,14-15H,7-10,13H2,1-6H3,(H,25,30)(H,27,29). The summed E-state index contributed by atoms with van der Waals surface area (Å²) in [6.45, 7) is 11.7. The Bertz CT molecular complexity index is 959. The van der Waals surface area contributed by atoms with Crippen molar-refractivity contribution in [2.45, 2.75) is 95.1 Å². The zero-order chi connectivity index (χ0) is 24.2. The molecule has 11 heteroatoms. The largest absolute Gasteiger partial charge is 0.444 e. The Balaban J connectivity index is 1.47. The molecular formula is C22H34N6O4S. The van der Waals surface area contributed by atoms with Crippen LogP contribution in [-0.2, 0) is 20.7 Å². The van der Waals surface area contributed by atoms with E-state index < -0.39 is 11.7 Å². The molecule has 10 nitrogen and oxygen atoms in total. The van der Waals surface area contributed by atoms with Crippen molar-refractivity contribution in [1.29, 1.82) is 0 Å². The number of hydrogen-bond acceptors (Lipinski definition) is 8. The predicted molar refractivity (Wildman–Crippen MR) is 124 cm³/mol. The van der Waals surface area contributed by atoms with Gasteiger partial charge in [0.05, 0.1) is 18.1 Å². The van der Waals surface area contributed by atoms with Crippen molar-refractivity contribution in [3.8, 4) is 0 Å². The molecule has 0 bridgehead atoms. The molecule has 33 heavy (non-hydrogen) atoms. The zero-order valence-electron chi connectivity index (χ0n) is 20.2. The molecule has 2 atom stereocenters. The van der Waals surface area contributed by atoms with Gasteiger partial charge >= 0.3 is 6.09 Å². The van der Waals surface area contributed by atoms with Crippen LogP contribution < -0.4 is 10.7 Å². The van der Waals surface area contributed by atoms with Gasteiger partial charge < -0.3 is 14.5 Å². The van der Waals surface area contributed by atoms with Crippen LogP contribution >= 0.6 is 11.8 Å². The molecule has 2 unspecified atom stereocenters. The Morgan fingerprint density at radius 3 is 2.64 bits per heavy atom. The summed E-state index contributed by atoms with van der Waals surface area (Å²) < 4.78 is 11.1. The fraction of sp³-hybridized carbons (Fsp3) is 0.682. The van der Waals surface area contributed by atoms with E-state index in [0.717, 1.165) is 25.0 Å². The van der Waals surface area contributed by atoms with Crippen LogP contribution in [0, 0.1) is 5.92 Å². The van der Waals surface area contributed by atoms with E-state index in [1.807, 2.05) is 20.8 Å². The number of carbonyl (C=O) groups excluding carboxylic acids is 2. The molecule has 0 aromatic carbocycles. The van der Waals surface area contributed by atoms with E-state index in [2.05, 4.69) is 46.7 Å². The molecule has 0 aliphatic heterocycles. The van der Waals surface area contributed by atoms with E-state index in [4.69, 9.17) is 9.15 Å². The highest BCUT2D eigenvalue weighted by atomic mass is 32.2. The van der Waals surface area contributed by atoms with Gasteiger partial charge in [0, 0.05) is 17.4 Å². The third-order valence-corrected chi connectivity index (χ3v) is 5.96. The molecule has 182 valence electrons. The Hall–Kier alpha value is -2.56. The molecule has 0 radical (unpaired) electrons. The molecule has 2 N–H and O–H groups in total.